The Morgan fingerprint density at radius 2 is 1.60 bits per heavy atom. The van der Waals surface area contributed by atoms with E-state index in [0.29, 0.717) is 36.4 Å². The molecule has 1 saturated carbocycles. The molecule has 9 heteroatoms. The highest BCUT2D eigenvalue weighted by Gasteiger charge is 2.33. The van der Waals surface area contributed by atoms with Crippen molar-refractivity contribution in [3.05, 3.63) is 114 Å². The molecule has 0 unspecified atom stereocenters. The molecule has 1 aliphatic heterocycles. The molecule has 2 amide bonds. The van der Waals surface area contributed by atoms with E-state index in [0.717, 1.165) is 73.5 Å². The summed E-state index contributed by atoms with van der Waals surface area (Å²) in [5, 5.41) is 12.3. The van der Waals surface area contributed by atoms with Gasteiger partial charge in [-0.15, -0.1) is 0 Å². The van der Waals surface area contributed by atoms with Crippen molar-refractivity contribution in [1.29, 1.82) is 5.26 Å². The second-order valence-corrected chi connectivity index (χ2v) is 12.2. The molecular formula is C38H39FN6O2. The molecule has 6 rings (SSSR count). The van der Waals surface area contributed by atoms with Crippen molar-refractivity contribution in [2.75, 3.05) is 54.4 Å². The molecule has 3 N–H and O–H groups in total. The number of rotatable bonds is 11. The maximum Gasteiger partial charge on any atom is 0.255 e. The number of carbonyl (C=O) groups is 2. The summed E-state index contributed by atoms with van der Waals surface area (Å²) < 4.78 is 13.5. The van der Waals surface area contributed by atoms with Gasteiger partial charge in [0.05, 0.1) is 23.0 Å². The summed E-state index contributed by atoms with van der Waals surface area (Å²) >= 11 is 0. The van der Waals surface area contributed by atoms with Crippen LogP contribution in [0.15, 0.2) is 91.0 Å². The smallest absolute Gasteiger partial charge is 0.255 e. The summed E-state index contributed by atoms with van der Waals surface area (Å²) in [7, 11) is 0. The number of nitrogens with two attached hydrogens (primary N) is 1. The SMILES string of the molecule is N#Cc1ccc(C(=O)Nc2cc(-c3cccc(CN(CCCN)C(=O)C4CC4)c3)ccc2N2CCN(c3ccc(F)cc3)CC2)cc1. The first-order valence-electron chi connectivity index (χ1n) is 16.2. The molecule has 0 bridgehead atoms. The third kappa shape index (κ3) is 7.79. The second-order valence-electron chi connectivity index (χ2n) is 12.2. The number of benzene rings is 4. The fourth-order valence-corrected chi connectivity index (χ4v) is 6.05. The van der Waals surface area contributed by atoms with E-state index in [4.69, 9.17) is 5.73 Å². The first-order valence-corrected chi connectivity index (χ1v) is 16.2. The Balaban J connectivity index is 1.26. The molecule has 0 atom stereocenters. The van der Waals surface area contributed by atoms with Gasteiger partial charge in [-0.25, -0.2) is 4.39 Å². The van der Waals surface area contributed by atoms with Gasteiger partial charge in [0, 0.05) is 56.4 Å². The Morgan fingerprint density at radius 1 is 0.894 bits per heavy atom. The van der Waals surface area contributed by atoms with Crippen molar-refractivity contribution in [2.24, 2.45) is 11.7 Å². The molecule has 4 aromatic carbocycles. The van der Waals surface area contributed by atoms with E-state index in [9.17, 15) is 19.2 Å². The van der Waals surface area contributed by atoms with E-state index in [2.05, 4.69) is 33.3 Å². The number of hydrogen-bond donors (Lipinski definition) is 2. The largest absolute Gasteiger partial charge is 0.368 e. The van der Waals surface area contributed by atoms with Gasteiger partial charge in [0.15, 0.2) is 0 Å². The Kier molecular flexibility index (Phi) is 9.79. The highest BCUT2D eigenvalue weighted by atomic mass is 19.1. The van der Waals surface area contributed by atoms with Crippen molar-refractivity contribution in [3.8, 4) is 17.2 Å². The molecule has 2 aliphatic rings. The zero-order chi connectivity index (χ0) is 32.8. The third-order valence-corrected chi connectivity index (χ3v) is 8.84. The van der Waals surface area contributed by atoms with Gasteiger partial charge in [0.2, 0.25) is 5.91 Å². The quantitative estimate of drug-likeness (QED) is 0.210. The van der Waals surface area contributed by atoms with E-state index >= 15 is 0 Å². The number of anilines is 3. The Hall–Kier alpha value is -5.20. The van der Waals surface area contributed by atoms with Crippen LogP contribution in [0.5, 0.6) is 0 Å². The number of nitrogens with zero attached hydrogens (tertiary/aromatic N) is 4. The van der Waals surface area contributed by atoms with E-state index < -0.39 is 0 Å². The predicted molar refractivity (Wildman–Crippen MR) is 184 cm³/mol. The fraction of sp³-hybridized carbons (Fsp3) is 0.289. The van der Waals surface area contributed by atoms with Gasteiger partial charge in [-0.2, -0.15) is 5.26 Å². The van der Waals surface area contributed by atoms with Crippen molar-refractivity contribution < 1.29 is 14.0 Å². The molecule has 8 nitrogen and oxygen atoms in total. The molecule has 240 valence electrons. The average Bonchev–Trinajstić information content (AvgIpc) is 3.96. The molecule has 0 radical (unpaired) electrons. The van der Waals surface area contributed by atoms with Crippen molar-refractivity contribution in [1.82, 2.24) is 4.90 Å². The maximum absolute atomic E-state index is 13.5. The maximum atomic E-state index is 13.5. The lowest BCUT2D eigenvalue weighted by molar-refractivity contribution is -0.133. The van der Waals surface area contributed by atoms with Crippen LogP contribution in [0.1, 0.15) is 40.7 Å². The molecule has 1 heterocycles. The lowest BCUT2D eigenvalue weighted by Crippen LogP contribution is -2.46. The minimum atomic E-state index is -0.263. The average molecular weight is 631 g/mol. The van der Waals surface area contributed by atoms with Crippen LogP contribution in [0, 0.1) is 23.1 Å². The topological polar surface area (TPSA) is 106 Å². The molecule has 47 heavy (non-hydrogen) atoms. The zero-order valence-electron chi connectivity index (χ0n) is 26.4. The molecule has 1 saturated heterocycles. The summed E-state index contributed by atoms with van der Waals surface area (Å²) in [6.07, 6.45) is 2.69. The first-order chi connectivity index (χ1) is 22.9. The highest BCUT2D eigenvalue weighted by Crippen LogP contribution is 2.35. The number of piperazine rings is 1. The number of hydrogen-bond acceptors (Lipinski definition) is 6. The Bertz CT molecular complexity index is 1760. The minimum Gasteiger partial charge on any atom is -0.368 e. The van der Waals surface area contributed by atoms with Gasteiger partial charge in [-0.3, -0.25) is 9.59 Å². The van der Waals surface area contributed by atoms with Gasteiger partial charge in [0.1, 0.15) is 5.82 Å². The van der Waals surface area contributed by atoms with Crippen molar-refractivity contribution >= 4 is 28.9 Å². The standard InChI is InChI=1S/C38H39FN6O2/c39-33-12-14-34(15-13-33)43-19-21-44(22-20-43)36-16-11-32(24-35(36)42-37(46)29-7-5-27(25-41)6-8-29)31-4-1-3-28(23-31)26-45(18-2-17-40)38(47)30-9-10-30/h1,3-8,11-16,23-24,30H,2,9-10,17-22,26,40H2,(H,42,46). The van der Waals surface area contributed by atoms with Crippen molar-refractivity contribution in [2.45, 2.75) is 25.8 Å². The number of nitrogens with one attached hydrogen (secondary N) is 1. The van der Waals surface area contributed by atoms with Crippen LogP contribution in [-0.2, 0) is 11.3 Å². The van der Waals surface area contributed by atoms with Gasteiger partial charge in [0.25, 0.3) is 5.91 Å². The van der Waals surface area contributed by atoms with Gasteiger partial charge in [-0.1, -0.05) is 24.3 Å². The van der Waals surface area contributed by atoms with E-state index in [1.807, 2.05) is 35.2 Å². The van der Waals surface area contributed by atoms with Crippen molar-refractivity contribution in [3.63, 3.8) is 0 Å². The summed E-state index contributed by atoms with van der Waals surface area (Å²) in [5.41, 5.74) is 12.3. The van der Waals surface area contributed by atoms with Gasteiger partial charge in [-0.05, 0) is 109 Å². The second kappa shape index (κ2) is 14.5. The monoisotopic (exact) mass is 630 g/mol. The highest BCUT2D eigenvalue weighted by molar-refractivity contribution is 6.06. The van der Waals surface area contributed by atoms with E-state index in [1.54, 1.807) is 36.4 Å². The predicted octanol–water partition coefficient (Wildman–Crippen LogP) is 6.03. The summed E-state index contributed by atoms with van der Waals surface area (Å²) in [4.78, 5) is 32.8. The van der Waals surface area contributed by atoms with Crippen LogP contribution in [0.25, 0.3) is 11.1 Å². The normalized spacial score (nSPS) is 14.4. The molecule has 2 fully saturated rings. The lowest BCUT2D eigenvalue weighted by Gasteiger charge is -2.38. The van der Waals surface area contributed by atoms with Crippen LogP contribution >= 0.6 is 0 Å². The summed E-state index contributed by atoms with van der Waals surface area (Å²) in [5.74, 6) is -0.166. The number of carbonyl (C=O) groups excluding carboxylic acids is 2. The number of halogens is 1. The van der Waals surface area contributed by atoms with Crippen LogP contribution in [0.4, 0.5) is 21.5 Å². The summed E-state index contributed by atoms with van der Waals surface area (Å²) in [6, 6.07) is 29.6. The Morgan fingerprint density at radius 3 is 2.28 bits per heavy atom. The van der Waals surface area contributed by atoms with Crippen LogP contribution in [0.2, 0.25) is 0 Å². The molecular weight excluding hydrogens is 591 g/mol. The van der Waals surface area contributed by atoms with Crippen LogP contribution in [-0.4, -0.2) is 56.0 Å². The van der Waals surface area contributed by atoms with E-state index in [-0.39, 0.29) is 23.5 Å². The number of amides is 2. The minimum absolute atomic E-state index is 0.142. The van der Waals surface area contributed by atoms with Crippen LogP contribution < -0.4 is 20.9 Å². The first kappa shape index (κ1) is 31.8. The van der Waals surface area contributed by atoms with Crippen LogP contribution in [0.3, 0.4) is 0 Å². The zero-order valence-corrected chi connectivity index (χ0v) is 26.4. The lowest BCUT2D eigenvalue weighted by atomic mass is 10.0. The molecule has 0 spiro atoms. The molecule has 1 aliphatic carbocycles. The molecule has 0 aromatic heterocycles. The summed E-state index contributed by atoms with van der Waals surface area (Å²) in [6.45, 7) is 4.65. The fourth-order valence-electron chi connectivity index (χ4n) is 6.05. The molecule has 4 aromatic rings. The Labute approximate surface area is 275 Å². The third-order valence-electron chi connectivity index (χ3n) is 8.84. The van der Waals surface area contributed by atoms with E-state index in [1.165, 1.54) is 12.1 Å². The van der Waals surface area contributed by atoms with Gasteiger partial charge < -0.3 is 25.8 Å². The van der Waals surface area contributed by atoms with Gasteiger partial charge >= 0.3 is 0 Å². The number of nitriles is 1.